The third kappa shape index (κ3) is 10.8. The smallest absolute Gasteiger partial charge is 0.222 e. The minimum atomic E-state index is 0.274. The molecule has 1 amide bonds. The fourth-order valence-electron chi connectivity index (χ4n) is 4.46. The standard InChI is InChI=1S/C30H48N2O2/c1-4-5-6-7-8-9-10-11-12-13-14-15-16-17-18-19-30(33)31(2)24-25-32-23-22-27-20-21-28(34-3)26-29(27)32/h8-9,11-12,20-21,26H,4-7,10,13-19,22-25H2,1-3H3/b9-8-,12-11-. The number of likely N-dealkylation sites (N-methyl/N-ethyl adjacent to an activating group) is 1. The van der Waals surface area contributed by atoms with Gasteiger partial charge in [-0.05, 0) is 56.6 Å². The number of benzene rings is 1. The molecule has 0 bridgehead atoms. The number of anilines is 1. The van der Waals surface area contributed by atoms with E-state index in [0.29, 0.717) is 6.42 Å². The molecule has 4 nitrogen and oxygen atoms in total. The number of allylic oxidation sites excluding steroid dienone is 4. The fraction of sp³-hybridized carbons (Fsp3) is 0.633. The van der Waals surface area contributed by atoms with Crippen LogP contribution in [0.1, 0.15) is 89.5 Å². The lowest BCUT2D eigenvalue weighted by Gasteiger charge is -2.24. The number of unbranched alkanes of at least 4 members (excludes halogenated alkanes) is 8. The molecule has 0 saturated carbocycles. The summed E-state index contributed by atoms with van der Waals surface area (Å²) >= 11 is 0. The highest BCUT2D eigenvalue weighted by atomic mass is 16.5. The largest absolute Gasteiger partial charge is 0.497 e. The van der Waals surface area contributed by atoms with Crippen molar-refractivity contribution in [2.45, 2.75) is 90.4 Å². The molecule has 0 radical (unpaired) electrons. The third-order valence-electron chi connectivity index (χ3n) is 6.76. The second kappa shape index (κ2) is 17.2. The fourth-order valence-corrected chi connectivity index (χ4v) is 4.46. The van der Waals surface area contributed by atoms with Crippen LogP contribution in [-0.4, -0.2) is 44.6 Å². The van der Waals surface area contributed by atoms with Gasteiger partial charge in [-0.2, -0.15) is 0 Å². The van der Waals surface area contributed by atoms with E-state index in [-0.39, 0.29) is 5.91 Å². The number of rotatable bonds is 18. The minimum Gasteiger partial charge on any atom is -0.497 e. The van der Waals surface area contributed by atoms with Crippen molar-refractivity contribution in [3.05, 3.63) is 48.1 Å². The van der Waals surface area contributed by atoms with Crippen molar-refractivity contribution < 1.29 is 9.53 Å². The third-order valence-corrected chi connectivity index (χ3v) is 6.76. The SMILES string of the molecule is CCCCC/C=C\C/C=C\CCCCCCCC(=O)N(C)CCN1CCc2ccc(OC)cc21. The van der Waals surface area contributed by atoms with Gasteiger partial charge in [0.05, 0.1) is 7.11 Å². The van der Waals surface area contributed by atoms with Crippen LogP contribution in [0.4, 0.5) is 5.69 Å². The van der Waals surface area contributed by atoms with Gasteiger partial charge in [0.2, 0.25) is 5.91 Å². The van der Waals surface area contributed by atoms with Crippen molar-refractivity contribution in [3.8, 4) is 5.75 Å². The van der Waals surface area contributed by atoms with E-state index in [0.717, 1.165) is 51.1 Å². The summed E-state index contributed by atoms with van der Waals surface area (Å²) in [6.45, 7) is 4.93. The molecule has 4 heteroatoms. The van der Waals surface area contributed by atoms with Crippen LogP contribution in [0.3, 0.4) is 0 Å². The molecule has 0 unspecified atom stereocenters. The van der Waals surface area contributed by atoms with Crippen molar-refractivity contribution >= 4 is 11.6 Å². The Labute approximate surface area is 209 Å². The maximum atomic E-state index is 12.5. The summed E-state index contributed by atoms with van der Waals surface area (Å²) in [6.07, 6.45) is 24.3. The van der Waals surface area contributed by atoms with Gasteiger partial charge in [0.15, 0.2) is 0 Å². The van der Waals surface area contributed by atoms with E-state index in [4.69, 9.17) is 4.74 Å². The number of carbonyl (C=O) groups is 1. The molecule has 0 aromatic heterocycles. The zero-order chi connectivity index (χ0) is 24.4. The first-order valence-corrected chi connectivity index (χ1v) is 13.6. The first kappa shape index (κ1) is 28.0. The number of fused-ring (bicyclic) bond motifs is 1. The number of amides is 1. The number of carbonyl (C=O) groups excluding carboxylic acids is 1. The number of methoxy groups -OCH3 is 1. The predicted octanol–water partition coefficient (Wildman–Crippen LogP) is 7.33. The maximum Gasteiger partial charge on any atom is 0.222 e. The van der Waals surface area contributed by atoms with Crippen LogP contribution in [0.15, 0.2) is 42.5 Å². The monoisotopic (exact) mass is 468 g/mol. The van der Waals surface area contributed by atoms with Crippen LogP contribution in [-0.2, 0) is 11.2 Å². The molecular formula is C30H48N2O2. The minimum absolute atomic E-state index is 0.274. The first-order chi connectivity index (χ1) is 16.7. The van der Waals surface area contributed by atoms with Crippen molar-refractivity contribution in [2.75, 3.05) is 38.7 Å². The van der Waals surface area contributed by atoms with Gasteiger partial charge in [0, 0.05) is 44.9 Å². The molecule has 190 valence electrons. The van der Waals surface area contributed by atoms with Gasteiger partial charge in [0.1, 0.15) is 5.75 Å². The van der Waals surface area contributed by atoms with Gasteiger partial charge in [-0.25, -0.2) is 0 Å². The number of ether oxygens (including phenoxy) is 1. The summed E-state index contributed by atoms with van der Waals surface area (Å²) in [4.78, 5) is 16.8. The Hall–Kier alpha value is -2.23. The van der Waals surface area contributed by atoms with E-state index in [1.807, 2.05) is 18.0 Å². The second-order valence-electron chi connectivity index (χ2n) is 9.53. The Morgan fingerprint density at radius 3 is 2.44 bits per heavy atom. The van der Waals surface area contributed by atoms with Crippen molar-refractivity contribution in [2.24, 2.45) is 0 Å². The van der Waals surface area contributed by atoms with Crippen LogP contribution in [0.2, 0.25) is 0 Å². The van der Waals surface area contributed by atoms with Crippen LogP contribution in [0.25, 0.3) is 0 Å². The molecule has 1 aromatic rings. The Kier molecular flexibility index (Phi) is 14.2. The van der Waals surface area contributed by atoms with Crippen molar-refractivity contribution in [1.82, 2.24) is 4.90 Å². The van der Waals surface area contributed by atoms with Crippen LogP contribution < -0.4 is 9.64 Å². The van der Waals surface area contributed by atoms with E-state index in [2.05, 4.69) is 48.3 Å². The molecule has 1 heterocycles. The molecule has 1 aromatic carbocycles. The van der Waals surface area contributed by atoms with Gasteiger partial charge in [-0.3, -0.25) is 4.79 Å². The van der Waals surface area contributed by atoms with E-state index in [9.17, 15) is 4.79 Å². The molecule has 2 rings (SSSR count). The summed E-state index contributed by atoms with van der Waals surface area (Å²) < 4.78 is 5.37. The second-order valence-corrected chi connectivity index (χ2v) is 9.53. The molecule has 0 fully saturated rings. The lowest BCUT2D eigenvalue weighted by atomic mass is 10.1. The zero-order valence-corrected chi connectivity index (χ0v) is 22.1. The number of hydrogen-bond acceptors (Lipinski definition) is 3. The highest BCUT2D eigenvalue weighted by Crippen LogP contribution is 2.31. The molecule has 0 aliphatic carbocycles. The molecule has 1 aliphatic heterocycles. The summed E-state index contributed by atoms with van der Waals surface area (Å²) in [6, 6.07) is 6.31. The van der Waals surface area contributed by atoms with E-state index >= 15 is 0 Å². The topological polar surface area (TPSA) is 32.8 Å². The summed E-state index contributed by atoms with van der Waals surface area (Å²) in [5, 5.41) is 0. The average Bonchev–Trinajstić information content (AvgIpc) is 3.26. The van der Waals surface area contributed by atoms with Crippen molar-refractivity contribution in [3.63, 3.8) is 0 Å². The van der Waals surface area contributed by atoms with Gasteiger partial charge in [-0.1, -0.05) is 69.4 Å². The van der Waals surface area contributed by atoms with E-state index < -0.39 is 0 Å². The Balaban J connectivity index is 1.47. The molecule has 1 aliphatic rings. The number of nitrogens with zero attached hydrogens (tertiary/aromatic N) is 2. The lowest BCUT2D eigenvalue weighted by molar-refractivity contribution is -0.129. The molecule has 0 saturated heterocycles. The Morgan fingerprint density at radius 1 is 1.00 bits per heavy atom. The lowest BCUT2D eigenvalue weighted by Crippen LogP contribution is -2.35. The van der Waals surface area contributed by atoms with Crippen LogP contribution in [0.5, 0.6) is 5.75 Å². The molecule has 0 spiro atoms. The highest BCUT2D eigenvalue weighted by molar-refractivity contribution is 5.75. The summed E-state index contributed by atoms with van der Waals surface area (Å²) in [7, 11) is 3.65. The van der Waals surface area contributed by atoms with Crippen LogP contribution >= 0.6 is 0 Å². The van der Waals surface area contributed by atoms with Gasteiger partial charge >= 0.3 is 0 Å². The van der Waals surface area contributed by atoms with Gasteiger partial charge in [0.25, 0.3) is 0 Å². The zero-order valence-electron chi connectivity index (χ0n) is 22.1. The molecular weight excluding hydrogens is 420 g/mol. The highest BCUT2D eigenvalue weighted by Gasteiger charge is 2.20. The predicted molar refractivity (Wildman–Crippen MR) is 146 cm³/mol. The molecule has 34 heavy (non-hydrogen) atoms. The van der Waals surface area contributed by atoms with E-state index in [1.165, 1.54) is 62.6 Å². The normalized spacial score (nSPS) is 13.2. The van der Waals surface area contributed by atoms with Crippen LogP contribution in [0, 0.1) is 0 Å². The number of hydrogen-bond donors (Lipinski definition) is 0. The molecule has 0 atom stereocenters. The summed E-state index contributed by atoms with van der Waals surface area (Å²) in [5.41, 5.74) is 2.63. The Morgan fingerprint density at radius 2 is 1.71 bits per heavy atom. The summed E-state index contributed by atoms with van der Waals surface area (Å²) in [5.74, 6) is 1.17. The Bertz CT molecular complexity index is 756. The average molecular weight is 469 g/mol. The first-order valence-electron chi connectivity index (χ1n) is 13.6. The van der Waals surface area contributed by atoms with Gasteiger partial charge in [-0.15, -0.1) is 0 Å². The molecule has 0 N–H and O–H groups in total. The quantitative estimate of drug-likeness (QED) is 0.167. The van der Waals surface area contributed by atoms with Crippen molar-refractivity contribution in [1.29, 1.82) is 0 Å². The van der Waals surface area contributed by atoms with Gasteiger partial charge < -0.3 is 14.5 Å². The van der Waals surface area contributed by atoms with E-state index in [1.54, 1.807) is 7.11 Å². The maximum absolute atomic E-state index is 12.5.